The Bertz CT molecular complexity index is 253. The second-order valence-corrected chi connectivity index (χ2v) is 4.77. The first-order valence-corrected chi connectivity index (χ1v) is 5.65. The van der Waals surface area contributed by atoms with Crippen LogP contribution in [0.1, 0.15) is 40.0 Å². The summed E-state index contributed by atoms with van der Waals surface area (Å²) in [6, 6.07) is -1.10. The molecule has 1 aliphatic carbocycles. The van der Waals surface area contributed by atoms with Crippen LogP contribution in [0.25, 0.3) is 0 Å². The van der Waals surface area contributed by atoms with Gasteiger partial charge in [-0.05, 0) is 6.42 Å². The van der Waals surface area contributed by atoms with Crippen molar-refractivity contribution >= 4 is 6.09 Å². The molecule has 0 bridgehead atoms. The van der Waals surface area contributed by atoms with Crippen LogP contribution in [-0.4, -0.2) is 24.7 Å². The zero-order chi connectivity index (χ0) is 12.4. The molecule has 0 aromatic carbocycles. The van der Waals surface area contributed by atoms with Crippen molar-refractivity contribution in [3.63, 3.8) is 0 Å². The lowest BCUT2D eigenvalue weighted by atomic mass is 10.2. The molecule has 0 spiro atoms. The lowest BCUT2D eigenvalue weighted by Gasteiger charge is -2.06. The molecule has 0 saturated heterocycles. The topological polar surface area (TPSA) is 38.3 Å². The fourth-order valence-corrected chi connectivity index (χ4v) is 1.61. The quantitative estimate of drug-likeness (QED) is 0.744. The van der Waals surface area contributed by atoms with Gasteiger partial charge in [-0.3, -0.25) is 0 Å². The number of alkyl halides is 2. The summed E-state index contributed by atoms with van der Waals surface area (Å²) in [5, 5.41) is 2.20. The molecule has 0 aromatic heterocycles. The van der Waals surface area contributed by atoms with E-state index in [1.165, 1.54) is 13.8 Å². The summed E-state index contributed by atoms with van der Waals surface area (Å²) in [7, 11) is 0. The van der Waals surface area contributed by atoms with Crippen molar-refractivity contribution in [3.05, 3.63) is 0 Å². The number of ether oxygens (including phenoxy) is 1. The van der Waals surface area contributed by atoms with Gasteiger partial charge in [0, 0.05) is 0 Å². The highest BCUT2D eigenvalue weighted by atomic mass is 19.3. The molecular weight excluding hydrogens is 216 g/mol. The van der Waals surface area contributed by atoms with Gasteiger partial charge in [0.05, 0.1) is 12.0 Å². The van der Waals surface area contributed by atoms with Crippen LogP contribution in [0.3, 0.4) is 0 Å². The molecule has 16 heavy (non-hydrogen) atoms. The summed E-state index contributed by atoms with van der Waals surface area (Å²) in [6.45, 7) is 5.18. The predicted octanol–water partition coefficient (Wildman–Crippen LogP) is 2.95. The van der Waals surface area contributed by atoms with Gasteiger partial charge in [-0.15, -0.1) is 0 Å². The second-order valence-electron chi connectivity index (χ2n) is 4.77. The van der Waals surface area contributed by atoms with E-state index in [4.69, 9.17) is 4.74 Å². The average Bonchev–Trinajstić information content (AvgIpc) is 2.56. The molecule has 1 saturated carbocycles. The van der Waals surface area contributed by atoms with Gasteiger partial charge in [0.2, 0.25) is 0 Å². The van der Waals surface area contributed by atoms with Crippen molar-refractivity contribution in [2.75, 3.05) is 6.61 Å². The largest absolute Gasteiger partial charge is 0.450 e. The van der Waals surface area contributed by atoms with E-state index < -0.39 is 23.5 Å². The van der Waals surface area contributed by atoms with Gasteiger partial charge in [-0.1, -0.05) is 33.6 Å². The minimum atomic E-state index is -2.82. The number of hydrogen-bond acceptors (Lipinski definition) is 2. The van der Waals surface area contributed by atoms with Gasteiger partial charge in [0.1, 0.15) is 6.04 Å². The van der Waals surface area contributed by atoms with Crippen molar-refractivity contribution < 1.29 is 18.3 Å². The van der Waals surface area contributed by atoms with Crippen molar-refractivity contribution in [2.45, 2.75) is 52.0 Å². The zero-order valence-corrected chi connectivity index (χ0v) is 9.98. The summed E-state index contributed by atoms with van der Waals surface area (Å²) in [4.78, 5) is 11.2. The van der Waals surface area contributed by atoms with Gasteiger partial charge < -0.3 is 10.1 Å². The van der Waals surface area contributed by atoms with Crippen molar-refractivity contribution in [1.82, 2.24) is 5.32 Å². The monoisotopic (exact) mass is 235 g/mol. The number of unbranched alkanes of at least 4 members (excludes halogenated alkanes) is 2. The highest BCUT2D eigenvalue weighted by molar-refractivity contribution is 5.68. The number of amides is 1. The van der Waals surface area contributed by atoms with E-state index in [2.05, 4.69) is 5.32 Å². The molecule has 0 radical (unpaired) electrons. The van der Waals surface area contributed by atoms with Crippen LogP contribution in [0.2, 0.25) is 0 Å². The Kier molecular flexibility index (Phi) is 3.76. The number of carbonyl (C=O) groups is 1. The first kappa shape index (κ1) is 13.2. The number of hydrogen-bond donors (Lipinski definition) is 1. The highest BCUT2D eigenvalue weighted by Crippen LogP contribution is 2.59. The van der Waals surface area contributed by atoms with E-state index in [-0.39, 0.29) is 0 Å². The van der Waals surface area contributed by atoms with Crippen molar-refractivity contribution in [3.8, 4) is 0 Å². The molecule has 5 heteroatoms. The maximum atomic E-state index is 13.1. The third-order valence-corrected chi connectivity index (χ3v) is 3.10. The highest BCUT2D eigenvalue weighted by Gasteiger charge is 2.76. The Balaban J connectivity index is 2.22. The standard InChI is InChI=1S/C11H19F2NO2/c1-4-5-6-7-16-9(15)14-8-10(2,3)11(8,12)13/h8H,4-7H2,1-3H3,(H,14,15). The maximum absolute atomic E-state index is 13.1. The third kappa shape index (κ3) is 2.44. The molecule has 1 N–H and O–H groups in total. The van der Waals surface area contributed by atoms with Gasteiger partial charge in [-0.25, -0.2) is 13.6 Å². The molecule has 1 rings (SSSR count). The fourth-order valence-electron chi connectivity index (χ4n) is 1.61. The molecule has 1 atom stereocenters. The molecule has 1 amide bonds. The molecule has 1 fully saturated rings. The van der Waals surface area contributed by atoms with E-state index in [0.717, 1.165) is 19.3 Å². The first-order valence-electron chi connectivity index (χ1n) is 5.65. The summed E-state index contributed by atoms with van der Waals surface area (Å²) >= 11 is 0. The number of halogens is 2. The lowest BCUT2D eigenvalue weighted by Crippen LogP contribution is -2.31. The average molecular weight is 235 g/mol. The van der Waals surface area contributed by atoms with Crippen LogP contribution < -0.4 is 5.32 Å². The van der Waals surface area contributed by atoms with Crippen molar-refractivity contribution in [2.24, 2.45) is 5.41 Å². The van der Waals surface area contributed by atoms with Crippen LogP contribution >= 0.6 is 0 Å². The van der Waals surface area contributed by atoms with Gasteiger partial charge >= 0.3 is 6.09 Å². The SMILES string of the molecule is CCCCCOC(=O)NC1C(C)(C)C1(F)F. The van der Waals surface area contributed by atoms with E-state index >= 15 is 0 Å². The van der Waals surface area contributed by atoms with Crippen LogP contribution in [0.15, 0.2) is 0 Å². The maximum Gasteiger partial charge on any atom is 0.407 e. The van der Waals surface area contributed by atoms with Gasteiger partial charge in [0.25, 0.3) is 5.92 Å². The van der Waals surface area contributed by atoms with E-state index in [1.54, 1.807) is 0 Å². The Hall–Kier alpha value is -0.870. The number of nitrogens with one attached hydrogen (secondary N) is 1. The molecule has 0 heterocycles. The number of alkyl carbamates (subject to hydrolysis) is 1. The second kappa shape index (κ2) is 4.55. The van der Waals surface area contributed by atoms with Crippen LogP contribution in [0.4, 0.5) is 13.6 Å². The number of carbonyl (C=O) groups excluding carboxylic acids is 1. The van der Waals surface area contributed by atoms with Gasteiger partial charge in [-0.2, -0.15) is 0 Å². The Morgan fingerprint density at radius 3 is 2.38 bits per heavy atom. The van der Waals surface area contributed by atoms with E-state index in [1.807, 2.05) is 6.92 Å². The predicted molar refractivity (Wildman–Crippen MR) is 56.5 cm³/mol. The molecule has 1 unspecified atom stereocenters. The van der Waals surface area contributed by atoms with Gasteiger partial charge in [0.15, 0.2) is 0 Å². The lowest BCUT2D eigenvalue weighted by molar-refractivity contribution is 0.0687. The molecule has 94 valence electrons. The molecular formula is C11H19F2NO2. The third-order valence-electron chi connectivity index (χ3n) is 3.10. The minimum Gasteiger partial charge on any atom is -0.450 e. The molecule has 3 nitrogen and oxygen atoms in total. The fraction of sp³-hybridized carbons (Fsp3) is 0.909. The number of rotatable bonds is 5. The van der Waals surface area contributed by atoms with Crippen molar-refractivity contribution in [1.29, 1.82) is 0 Å². The minimum absolute atomic E-state index is 0.290. The zero-order valence-electron chi connectivity index (χ0n) is 9.98. The molecule has 0 aromatic rings. The van der Waals surface area contributed by atoms with Crippen LogP contribution in [0.5, 0.6) is 0 Å². The normalized spacial score (nSPS) is 24.9. The Morgan fingerprint density at radius 2 is 1.94 bits per heavy atom. The van der Waals surface area contributed by atoms with E-state index in [9.17, 15) is 13.6 Å². The summed E-state index contributed by atoms with van der Waals surface area (Å²) < 4.78 is 31.0. The van der Waals surface area contributed by atoms with Crippen LogP contribution in [0, 0.1) is 5.41 Å². The summed E-state index contributed by atoms with van der Waals surface area (Å²) in [5.74, 6) is -2.82. The molecule has 0 aliphatic heterocycles. The summed E-state index contributed by atoms with van der Waals surface area (Å²) in [5.41, 5.74) is -1.16. The Morgan fingerprint density at radius 1 is 1.38 bits per heavy atom. The smallest absolute Gasteiger partial charge is 0.407 e. The van der Waals surface area contributed by atoms with E-state index in [0.29, 0.717) is 6.61 Å². The molecule has 1 aliphatic rings. The summed E-state index contributed by atoms with van der Waals surface area (Å²) in [6.07, 6.45) is 2.03. The van der Waals surface area contributed by atoms with Crippen LogP contribution in [-0.2, 0) is 4.74 Å². The Labute approximate surface area is 94.5 Å². The first-order chi connectivity index (χ1) is 7.34.